The highest BCUT2D eigenvalue weighted by Crippen LogP contribution is 2.13. The summed E-state index contributed by atoms with van der Waals surface area (Å²) in [4.78, 5) is 16.8. The van der Waals surface area contributed by atoms with Gasteiger partial charge in [0.15, 0.2) is 0 Å². The van der Waals surface area contributed by atoms with Gasteiger partial charge in [-0.25, -0.2) is 0 Å². The molecule has 1 amide bonds. The Morgan fingerprint density at radius 1 is 1.05 bits per heavy atom. The van der Waals surface area contributed by atoms with Crippen molar-refractivity contribution in [1.82, 2.24) is 9.80 Å². The molecule has 3 nitrogen and oxygen atoms in total. The largest absolute Gasteiger partial charge is 0.337 e. The molecule has 110 valence electrons. The maximum Gasteiger partial charge on any atom is 0.254 e. The van der Waals surface area contributed by atoms with Crippen LogP contribution in [-0.2, 0) is 6.54 Å². The fourth-order valence-electron chi connectivity index (χ4n) is 2.74. The van der Waals surface area contributed by atoms with E-state index in [1.54, 1.807) is 11.3 Å². The van der Waals surface area contributed by atoms with Gasteiger partial charge in [-0.15, -0.1) is 0 Å². The van der Waals surface area contributed by atoms with Crippen molar-refractivity contribution in [2.75, 3.05) is 26.2 Å². The maximum atomic E-state index is 12.4. The molecule has 3 rings (SSSR count). The second kappa shape index (κ2) is 6.87. The Kier molecular flexibility index (Phi) is 4.68. The van der Waals surface area contributed by atoms with E-state index in [9.17, 15) is 4.79 Å². The first kappa shape index (κ1) is 14.3. The molecule has 21 heavy (non-hydrogen) atoms. The van der Waals surface area contributed by atoms with Crippen LogP contribution >= 0.6 is 11.3 Å². The van der Waals surface area contributed by atoms with E-state index in [0.717, 1.165) is 44.7 Å². The Bertz CT molecular complexity index is 568. The molecule has 0 bridgehead atoms. The van der Waals surface area contributed by atoms with Crippen LogP contribution in [0.25, 0.3) is 0 Å². The third-order valence-electron chi connectivity index (χ3n) is 3.89. The summed E-state index contributed by atoms with van der Waals surface area (Å²) in [6.45, 7) is 4.66. The van der Waals surface area contributed by atoms with Gasteiger partial charge in [0, 0.05) is 38.1 Å². The van der Waals surface area contributed by atoms with Crippen molar-refractivity contribution in [3.63, 3.8) is 0 Å². The van der Waals surface area contributed by atoms with E-state index in [1.807, 2.05) is 27.8 Å². The Morgan fingerprint density at radius 3 is 2.67 bits per heavy atom. The highest BCUT2D eigenvalue weighted by Gasteiger charge is 2.20. The molecule has 1 saturated heterocycles. The number of nitrogens with zero attached hydrogens (tertiary/aromatic N) is 2. The Balaban J connectivity index is 1.58. The number of rotatable bonds is 3. The lowest BCUT2D eigenvalue weighted by molar-refractivity contribution is 0.0761. The zero-order valence-electron chi connectivity index (χ0n) is 12.1. The molecule has 0 atom stereocenters. The number of amides is 1. The van der Waals surface area contributed by atoms with Crippen molar-refractivity contribution >= 4 is 17.2 Å². The predicted octanol–water partition coefficient (Wildman–Crippen LogP) is 3.10. The lowest BCUT2D eigenvalue weighted by atomic mass is 10.2. The summed E-state index contributed by atoms with van der Waals surface area (Å²) < 4.78 is 0. The van der Waals surface area contributed by atoms with Crippen LogP contribution in [0.5, 0.6) is 0 Å². The summed E-state index contributed by atoms with van der Waals surface area (Å²) in [6, 6.07) is 12.5. The van der Waals surface area contributed by atoms with E-state index >= 15 is 0 Å². The molecule has 1 aromatic carbocycles. The topological polar surface area (TPSA) is 23.6 Å². The van der Waals surface area contributed by atoms with Crippen LogP contribution in [0.4, 0.5) is 0 Å². The zero-order valence-corrected chi connectivity index (χ0v) is 12.9. The molecular weight excluding hydrogens is 280 g/mol. The van der Waals surface area contributed by atoms with Crippen molar-refractivity contribution in [2.24, 2.45) is 0 Å². The summed E-state index contributed by atoms with van der Waals surface area (Å²) in [5.41, 5.74) is 2.17. The van der Waals surface area contributed by atoms with E-state index in [-0.39, 0.29) is 5.91 Å². The molecule has 1 fully saturated rings. The Hall–Kier alpha value is -1.65. The SMILES string of the molecule is O=C(c1ccsc1)N1CCCN(Cc2ccccc2)CC1. The van der Waals surface area contributed by atoms with E-state index in [1.165, 1.54) is 5.56 Å². The monoisotopic (exact) mass is 300 g/mol. The van der Waals surface area contributed by atoms with Crippen LogP contribution in [0.3, 0.4) is 0 Å². The molecule has 0 saturated carbocycles. The molecule has 2 aromatic rings. The number of thiophene rings is 1. The molecule has 0 aliphatic carbocycles. The lowest BCUT2D eigenvalue weighted by Gasteiger charge is -2.21. The molecule has 4 heteroatoms. The van der Waals surface area contributed by atoms with Crippen molar-refractivity contribution in [3.05, 3.63) is 58.3 Å². The number of hydrogen-bond donors (Lipinski definition) is 0. The maximum absolute atomic E-state index is 12.4. The molecule has 1 aliphatic heterocycles. The van der Waals surface area contributed by atoms with Gasteiger partial charge in [-0.1, -0.05) is 30.3 Å². The van der Waals surface area contributed by atoms with Crippen LogP contribution < -0.4 is 0 Å². The normalized spacial score (nSPS) is 16.7. The Labute approximate surface area is 129 Å². The smallest absolute Gasteiger partial charge is 0.254 e. The average molecular weight is 300 g/mol. The summed E-state index contributed by atoms with van der Waals surface area (Å²) in [5.74, 6) is 0.179. The number of carbonyl (C=O) groups excluding carboxylic acids is 1. The summed E-state index contributed by atoms with van der Waals surface area (Å²) >= 11 is 1.58. The minimum atomic E-state index is 0.179. The fourth-order valence-corrected chi connectivity index (χ4v) is 3.37. The Morgan fingerprint density at radius 2 is 1.90 bits per heavy atom. The quantitative estimate of drug-likeness (QED) is 0.869. The van der Waals surface area contributed by atoms with Gasteiger partial charge in [-0.05, 0) is 23.4 Å². The summed E-state index contributed by atoms with van der Waals surface area (Å²) in [5, 5.41) is 3.90. The molecule has 0 radical (unpaired) electrons. The molecular formula is C17H20N2OS. The number of hydrogen-bond acceptors (Lipinski definition) is 3. The molecule has 0 spiro atoms. The fraction of sp³-hybridized carbons (Fsp3) is 0.353. The van der Waals surface area contributed by atoms with Crippen molar-refractivity contribution in [3.8, 4) is 0 Å². The van der Waals surface area contributed by atoms with Crippen LogP contribution in [-0.4, -0.2) is 41.9 Å². The van der Waals surface area contributed by atoms with Gasteiger partial charge < -0.3 is 4.90 Å². The second-order valence-electron chi connectivity index (χ2n) is 5.42. The first-order chi connectivity index (χ1) is 10.3. The van der Waals surface area contributed by atoms with Gasteiger partial charge in [-0.2, -0.15) is 11.3 Å². The van der Waals surface area contributed by atoms with Gasteiger partial charge in [0.25, 0.3) is 5.91 Å². The molecule has 0 N–H and O–H groups in total. The molecule has 1 aliphatic rings. The van der Waals surface area contributed by atoms with Crippen molar-refractivity contribution < 1.29 is 4.79 Å². The predicted molar refractivity (Wildman–Crippen MR) is 86.6 cm³/mol. The van der Waals surface area contributed by atoms with E-state index in [4.69, 9.17) is 0 Å². The van der Waals surface area contributed by atoms with E-state index < -0.39 is 0 Å². The van der Waals surface area contributed by atoms with Crippen LogP contribution in [0.2, 0.25) is 0 Å². The van der Waals surface area contributed by atoms with Crippen LogP contribution in [0.1, 0.15) is 22.3 Å². The highest BCUT2D eigenvalue weighted by atomic mass is 32.1. The van der Waals surface area contributed by atoms with E-state index in [2.05, 4.69) is 29.2 Å². The standard InChI is InChI=1S/C17H20N2OS/c20-17(16-7-12-21-14-16)19-9-4-8-18(10-11-19)13-15-5-2-1-3-6-15/h1-3,5-7,12,14H,4,8-11,13H2. The number of carbonyl (C=O) groups is 1. The first-order valence-corrected chi connectivity index (χ1v) is 8.35. The van der Waals surface area contributed by atoms with E-state index in [0.29, 0.717) is 0 Å². The van der Waals surface area contributed by atoms with Gasteiger partial charge in [0.05, 0.1) is 5.56 Å². The third-order valence-corrected chi connectivity index (χ3v) is 4.58. The minimum Gasteiger partial charge on any atom is -0.337 e. The van der Waals surface area contributed by atoms with Gasteiger partial charge in [0.1, 0.15) is 0 Å². The molecule has 1 aromatic heterocycles. The van der Waals surface area contributed by atoms with Gasteiger partial charge >= 0.3 is 0 Å². The van der Waals surface area contributed by atoms with Crippen LogP contribution in [0.15, 0.2) is 47.2 Å². The first-order valence-electron chi connectivity index (χ1n) is 7.41. The van der Waals surface area contributed by atoms with Crippen molar-refractivity contribution in [1.29, 1.82) is 0 Å². The lowest BCUT2D eigenvalue weighted by Crippen LogP contribution is -2.34. The highest BCUT2D eigenvalue weighted by molar-refractivity contribution is 7.08. The zero-order chi connectivity index (χ0) is 14.5. The molecule has 0 unspecified atom stereocenters. The number of benzene rings is 1. The van der Waals surface area contributed by atoms with Gasteiger partial charge in [0.2, 0.25) is 0 Å². The second-order valence-corrected chi connectivity index (χ2v) is 6.20. The van der Waals surface area contributed by atoms with Crippen LogP contribution in [0, 0.1) is 0 Å². The summed E-state index contributed by atoms with van der Waals surface area (Å²) in [7, 11) is 0. The van der Waals surface area contributed by atoms with Crippen molar-refractivity contribution in [2.45, 2.75) is 13.0 Å². The minimum absolute atomic E-state index is 0.179. The third kappa shape index (κ3) is 3.71. The van der Waals surface area contributed by atoms with Gasteiger partial charge in [-0.3, -0.25) is 9.69 Å². The summed E-state index contributed by atoms with van der Waals surface area (Å²) in [6.07, 6.45) is 1.04. The average Bonchev–Trinajstić information content (AvgIpc) is 2.95. The molecule has 2 heterocycles.